The van der Waals surface area contributed by atoms with Crippen LogP contribution in [0.25, 0.3) is 0 Å². The number of methoxy groups -OCH3 is 2. The number of fused-ring (bicyclic) bond motifs is 5. The Morgan fingerprint density at radius 1 is 1.14 bits per heavy atom. The lowest BCUT2D eigenvalue weighted by Gasteiger charge is -2.36. The number of carbonyl (C=O) groups is 4. The van der Waals surface area contributed by atoms with Crippen LogP contribution in [0, 0.1) is 10.1 Å². The monoisotopic (exact) mass is 822 g/mol. The summed E-state index contributed by atoms with van der Waals surface area (Å²) in [4.78, 5) is 60.6. The predicted octanol–water partition coefficient (Wildman–Crippen LogP) is 5.89. The highest BCUT2D eigenvalue weighted by atomic mass is 35.5. The van der Waals surface area contributed by atoms with Gasteiger partial charge in [0.15, 0.2) is 0 Å². The van der Waals surface area contributed by atoms with Crippen molar-refractivity contribution in [1.82, 2.24) is 10.2 Å². The molecule has 0 aromatic heterocycles. The molecule has 3 amide bonds. The second-order valence-electron chi connectivity index (χ2n) is 13.4. The van der Waals surface area contributed by atoms with Gasteiger partial charge < -0.3 is 39.0 Å². The zero-order valence-corrected chi connectivity index (χ0v) is 33.8. The van der Waals surface area contributed by atoms with Crippen molar-refractivity contribution in [3.8, 4) is 11.5 Å². The van der Waals surface area contributed by atoms with E-state index in [1.165, 1.54) is 33.5 Å². The molecule has 3 aliphatic rings. The number of nitro groups is 1. The molecule has 2 aromatic rings. The fraction of sp³-hybridized carbons (Fsp3) is 0.474. The lowest BCUT2D eigenvalue weighted by molar-refractivity contribution is -0.384. The van der Waals surface area contributed by atoms with Gasteiger partial charge in [0.25, 0.3) is 11.6 Å². The molecule has 0 spiro atoms. The number of nitrogens with zero attached hydrogens (tertiary/aromatic N) is 3. The van der Waals surface area contributed by atoms with Crippen LogP contribution in [-0.2, 0) is 25.5 Å². The van der Waals surface area contributed by atoms with Crippen LogP contribution in [0.15, 0.2) is 54.1 Å². The minimum atomic E-state index is -1.37. The topological polar surface area (TPSA) is 211 Å². The fourth-order valence-electron chi connectivity index (χ4n) is 6.08. The number of nitro benzene ring substituents is 1. The van der Waals surface area contributed by atoms with Crippen molar-refractivity contribution >= 4 is 58.5 Å². The number of epoxide rings is 1. The minimum Gasteiger partial charge on any atom is -0.496 e. The molecule has 3 unspecified atom stereocenters. The number of halogens is 2. The molecule has 0 radical (unpaired) electrons. The van der Waals surface area contributed by atoms with Crippen LogP contribution in [0.1, 0.15) is 61.9 Å². The number of aliphatic hydroxyl groups is 1. The van der Waals surface area contributed by atoms with Gasteiger partial charge in [0.1, 0.15) is 34.4 Å². The van der Waals surface area contributed by atoms with Gasteiger partial charge in [-0.05, 0) is 50.5 Å². The quantitative estimate of drug-likeness (QED) is 0.135. The van der Waals surface area contributed by atoms with E-state index in [4.69, 9.17) is 35.7 Å². The first-order chi connectivity index (χ1) is 26.5. The molecule has 18 heteroatoms. The molecule has 3 N–H and O–H groups in total. The number of alkyl halides is 1. The summed E-state index contributed by atoms with van der Waals surface area (Å²) in [5.74, 6) is -1.29. The lowest BCUT2D eigenvalue weighted by Crippen LogP contribution is -2.56. The van der Waals surface area contributed by atoms with E-state index in [9.17, 15) is 34.4 Å². The molecule has 2 fully saturated rings. The Morgan fingerprint density at radius 2 is 1.82 bits per heavy atom. The molecule has 3 heterocycles. The first kappa shape index (κ1) is 45.5. The van der Waals surface area contributed by atoms with Gasteiger partial charge in [0.05, 0.1) is 48.7 Å². The molecule has 0 aliphatic carbocycles. The number of hydrogen-bond acceptors (Lipinski definition) is 11. The lowest BCUT2D eigenvalue weighted by atomic mass is 9.96. The molecule has 2 saturated heterocycles. The van der Waals surface area contributed by atoms with Crippen molar-refractivity contribution in [2.45, 2.75) is 82.5 Å². The third kappa shape index (κ3) is 12.0. The van der Waals surface area contributed by atoms with Crippen LogP contribution in [0.5, 0.6) is 11.5 Å². The Hall–Kier alpha value is -4.90. The molecule has 306 valence electrons. The third-order valence-electron chi connectivity index (χ3n) is 9.37. The van der Waals surface area contributed by atoms with Gasteiger partial charge in [0.2, 0.25) is 5.91 Å². The summed E-state index contributed by atoms with van der Waals surface area (Å²) in [5.41, 5.74) is 1.10. The van der Waals surface area contributed by atoms with Crippen LogP contribution >= 0.6 is 23.2 Å². The average molecular weight is 824 g/mol. The van der Waals surface area contributed by atoms with Gasteiger partial charge in [-0.3, -0.25) is 25.0 Å². The summed E-state index contributed by atoms with van der Waals surface area (Å²) in [6.07, 6.45) is 8.33. The number of anilines is 1. The number of non-ortho nitro benzene ring substituents is 1. The number of likely N-dealkylation sites (N-methyl/N-ethyl adjacent to an activating group) is 1. The van der Waals surface area contributed by atoms with E-state index in [2.05, 4.69) is 16.9 Å². The van der Waals surface area contributed by atoms with Gasteiger partial charge in [0, 0.05) is 52.2 Å². The number of benzene rings is 2. The van der Waals surface area contributed by atoms with Crippen molar-refractivity contribution in [2.75, 3.05) is 39.6 Å². The zero-order valence-electron chi connectivity index (χ0n) is 32.2. The highest BCUT2D eigenvalue weighted by Crippen LogP contribution is 2.38. The number of ether oxygens (including phenoxy) is 4. The SMILES string of the molecule is CCl.COc1cc([N+](=O)[O-])ccc1C(=O)N(C)[C@@H](C)C(=O)O.COc1cc2cc(c1Cl)N(C)C(=O)CCC1OC1CC1C[C@](O)(C/C=C/C=C(\C)C2)NC(=O)O1. The Morgan fingerprint density at radius 3 is 2.45 bits per heavy atom. The van der Waals surface area contributed by atoms with E-state index < -0.39 is 40.8 Å². The molecule has 16 nitrogen and oxygen atoms in total. The first-order valence-corrected chi connectivity index (χ1v) is 18.6. The standard InChI is InChI=1S/C25H31ClN2O6.C12H14N2O6.CH3Cl/c1-15-6-4-5-9-25(31)14-17(33-24(30)27-25)13-20-19(34-20)7-8-22(29)28(2)18-11-16(10-15)12-21(32-3)23(18)26;1-7(12(16)17)13(2)11(15)9-5-4-8(14(18)19)6-10(9)20-3;1-2/h4-6,11-12,17,19-20,31H,7-10,13-14H2,1-3H3,(H,27,30);4-7H,1-3H3,(H,16,17);1H3/b5-4+,15-6+;;/t17?,19?,20?,25-;7-;/m10./s1. The molecule has 4 bridgehead atoms. The van der Waals surface area contributed by atoms with Gasteiger partial charge >= 0.3 is 12.1 Å². The molecule has 56 heavy (non-hydrogen) atoms. The molecular weight excluding hydrogens is 775 g/mol. The van der Waals surface area contributed by atoms with Crippen LogP contribution in [0.3, 0.4) is 0 Å². The van der Waals surface area contributed by atoms with Crippen molar-refractivity contribution in [3.63, 3.8) is 0 Å². The van der Waals surface area contributed by atoms with E-state index in [1.54, 1.807) is 19.1 Å². The Balaban J connectivity index is 0.000000327. The number of carboxylic acid groups (broad SMARTS) is 1. The maximum atomic E-state index is 12.9. The number of carbonyl (C=O) groups excluding carboxylic acids is 3. The number of nitrogens with one attached hydrogen (secondary N) is 1. The number of allylic oxidation sites excluding steroid dienone is 3. The molecule has 3 aliphatic heterocycles. The van der Waals surface area contributed by atoms with Crippen LogP contribution in [0.2, 0.25) is 5.02 Å². The van der Waals surface area contributed by atoms with E-state index >= 15 is 0 Å². The summed E-state index contributed by atoms with van der Waals surface area (Å²) in [6, 6.07) is 6.28. The third-order valence-corrected chi connectivity index (χ3v) is 9.75. The van der Waals surface area contributed by atoms with E-state index in [0.29, 0.717) is 42.1 Å². The first-order valence-electron chi connectivity index (χ1n) is 17.5. The number of alkyl carbamates (subject to hydrolysis) is 1. The normalized spacial score (nSPS) is 24.0. The van der Waals surface area contributed by atoms with Gasteiger partial charge in [-0.15, -0.1) is 11.6 Å². The second kappa shape index (κ2) is 20.3. The van der Waals surface area contributed by atoms with Gasteiger partial charge in [-0.1, -0.05) is 35.4 Å². The van der Waals surface area contributed by atoms with Gasteiger partial charge in [-0.2, -0.15) is 0 Å². The van der Waals surface area contributed by atoms with Crippen molar-refractivity contribution in [3.05, 3.63) is 80.4 Å². The fourth-order valence-corrected chi connectivity index (χ4v) is 6.40. The van der Waals surface area contributed by atoms with Crippen LogP contribution in [0.4, 0.5) is 16.2 Å². The number of amides is 3. The van der Waals surface area contributed by atoms with Crippen molar-refractivity contribution in [2.24, 2.45) is 0 Å². The number of rotatable bonds is 6. The average Bonchev–Trinajstić information content (AvgIpc) is 3.91. The summed E-state index contributed by atoms with van der Waals surface area (Å²) in [5, 5.41) is 33.4. The van der Waals surface area contributed by atoms with E-state index in [0.717, 1.165) is 28.2 Å². The second-order valence-corrected chi connectivity index (χ2v) is 13.7. The number of hydrogen-bond donors (Lipinski definition) is 3. The minimum absolute atomic E-state index is 0.0219. The zero-order chi connectivity index (χ0) is 41.9. The van der Waals surface area contributed by atoms with Crippen molar-refractivity contribution in [1.29, 1.82) is 0 Å². The van der Waals surface area contributed by atoms with Crippen LogP contribution < -0.4 is 19.7 Å². The maximum Gasteiger partial charge on any atom is 0.409 e. The maximum absolute atomic E-state index is 12.9. The smallest absolute Gasteiger partial charge is 0.409 e. The molecule has 2 aromatic carbocycles. The van der Waals surface area contributed by atoms with E-state index in [1.807, 2.05) is 37.3 Å². The van der Waals surface area contributed by atoms with Crippen LogP contribution in [-0.4, -0.2) is 109 Å². The molecular formula is C38H48Cl2N4O12. The highest BCUT2D eigenvalue weighted by molar-refractivity contribution is 6.35. The summed E-state index contributed by atoms with van der Waals surface area (Å²) in [7, 11) is 5.87. The Kier molecular flexibility index (Phi) is 16.5. The predicted molar refractivity (Wildman–Crippen MR) is 209 cm³/mol. The van der Waals surface area contributed by atoms with E-state index in [-0.39, 0.29) is 48.0 Å². The summed E-state index contributed by atoms with van der Waals surface area (Å²) < 4.78 is 21.5. The largest absolute Gasteiger partial charge is 0.496 e. The molecule has 5 rings (SSSR count). The highest BCUT2D eigenvalue weighted by Gasteiger charge is 2.45. The Labute approximate surface area is 335 Å². The number of carboxylic acids is 1. The number of aliphatic carboxylic acids is 1. The molecule has 0 saturated carbocycles. The molecule has 5 atom stereocenters. The van der Waals surface area contributed by atoms with Crippen molar-refractivity contribution < 1.29 is 53.3 Å². The Bertz CT molecular complexity index is 1840. The van der Waals surface area contributed by atoms with Gasteiger partial charge in [-0.25, -0.2) is 9.59 Å². The summed E-state index contributed by atoms with van der Waals surface area (Å²) in [6.45, 7) is 3.35. The summed E-state index contributed by atoms with van der Waals surface area (Å²) >= 11 is 11.2.